The van der Waals surface area contributed by atoms with E-state index in [4.69, 9.17) is 17.0 Å². The fourth-order valence-corrected chi connectivity index (χ4v) is 3.21. The van der Waals surface area contributed by atoms with Gasteiger partial charge in [0.15, 0.2) is 0 Å². The molecule has 1 atom stereocenters. The first-order valence-electron chi connectivity index (χ1n) is 8.21. The number of rotatable bonds is 7. The molecule has 23 heavy (non-hydrogen) atoms. The van der Waals surface area contributed by atoms with Crippen LogP contribution >= 0.6 is 12.2 Å². The third kappa shape index (κ3) is 5.31. The Kier molecular flexibility index (Phi) is 7.03. The lowest BCUT2D eigenvalue weighted by atomic mass is 9.98. The van der Waals surface area contributed by atoms with Crippen LogP contribution in [0.15, 0.2) is 12.3 Å². The van der Waals surface area contributed by atoms with Crippen LogP contribution in [0.5, 0.6) is 0 Å². The molecule has 0 aliphatic carbocycles. The van der Waals surface area contributed by atoms with Gasteiger partial charge in [0, 0.05) is 25.9 Å². The number of nitrogens with zero attached hydrogens (tertiary/aromatic N) is 3. The van der Waals surface area contributed by atoms with Gasteiger partial charge in [-0.1, -0.05) is 12.2 Å². The van der Waals surface area contributed by atoms with Crippen molar-refractivity contribution >= 4 is 17.9 Å². The summed E-state index contributed by atoms with van der Waals surface area (Å²) in [7, 11) is 4.16. The highest BCUT2D eigenvalue weighted by atomic mass is 32.1. The molecule has 126 valence electrons. The van der Waals surface area contributed by atoms with Crippen LogP contribution in [0, 0.1) is 21.9 Å². The first-order chi connectivity index (χ1) is 11.1. The Morgan fingerprint density at radius 3 is 3.09 bits per heavy atom. The van der Waals surface area contributed by atoms with Gasteiger partial charge in [-0.2, -0.15) is 5.26 Å². The van der Waals surface area contributed by atoms with Crippen molar-refractivity contribution in [3.05, 3.63) is 22.5 Å². The van der Waals surface area contributed by atoms with Gasteiger partial charge in [0.05, 0.1) is 12.3 Å². The van der Waals surface area contributed by atoms with Crippen molar-refractivity contribution in [2.45, 2.75) is 19.3 Å². The van der Waals surface area contributed by atoms with Crippen LogP contribution in [0.3, 0.4) is 0 Å². The molecule has 0 radical (unpaired) electrons. The third-order valence-corrected chi connectivity index (χ3v) is 4.48. The summed E-state index contributed by atoms with van der Waals surface area (Å²) in [5, 5.41) is 9.35. The second-order valence-electron chi connectivity index (χ2n) is 6.36. The highest BCUT2D eigenvalue weighted by Gasteiger charge is 2.22. The normalized spacial score (nSPS) is 18.2. The van der Waals surface area contributed by atoms with Crippen molar-refractivity contribution in [2.75, 3.05) is 51.8 Å². The maximum Gasteiger partial charge on any atom is 0.123 e. The summed E-state index contributed by atoms with van der Waals surface area (Å²) in [4.78, 5) is 7.39. The predicted molar refractivity (Wildman–Crippen MR) is 95.3 cm³/mol. The molecule has 1 fully saturated rings. The molecule has 2 rings (SSSR count). The van der Waals surface area contributed by atoms with E-state index in [9.17, 15) is 5.26 Å². The van der Waals surface area contributed by atoms with Crippen molar-refractivity contribution in [2.24, 2.45) is 5.92 Å². The number of aromatic nitrogens is 1. The van der Waals surface area contributed by atoms with Crippen LogP contribution in [0.2, 0.25) is 0 Å². The van der Waals surface area contributed by atoms with E-state index in [-0.39, 0.29) is 0 Å². The van der Waals surface area contributed by atoms with Gasteiger partial charge in [-0.05, 0) is 51.9 Å². The fourth-order valence-electron chi connectivity index (χ4n) is 2.99. The molecule has 5 nitrogen and oxygen atoms in total. The largest absolute Gasteiger partial charge is 0.381 e. The van der Waals surface area contributed by atoms with E-state index in [1.165, 1.54) is 6.42 Å². The average molecular weight is 334 g/mol. The first kappa shape index (κ1) is 17.9. The molecule has 1 unspecified atom stereocenters. The number of hydrogen-bond donors (Lipinski definition) is 1. The van der Waals surface area contributed by atoms with Crippen LogP contribution < -0.4 is 4.90 Å². The molecule has 0 saturated carbocycles. The molecule has 1 aliphatic heterocycles. The summed E-state index contributed by atoms with van der Waals surface area (Å²) in [6.07, 6.45) is 5.20. The molecule has 1 aliphatic rings. The van der Waals surface area contributed by atoms with Gasteiger partial charge in [-0.25, -0.2) is 0 Å². The monoisotopic (exact) mass is 334 g/mol. The number of nitrogens with one attached hydrogen (secondary N) is 1. The Morgan fingerprint density at radius 1 is 1.52 bits per heavy atom. The topological polar surface area (TPSA) is 55.3 Å². The number of H-pyrrole nitrogens is 1. The van der Waals surface area contributed by atoms with E-state index in [1.807, 2.05) is 12.3 Å². The van der Waals surface area contributed by atoms with E-state index in [1.54, 1.807) is 0 Å². The average Bonchev–Trinajstić information content (AvgIpc) is 2.54. The Balaban J connectivity index is 1.88. The Morgan fingerprint density at radius 2 is 2.35 bits per heavy atom. The Labute approximate surface area is 143 Å². The van der Waals surface area contributed by atoms with E-state index in [0.29, 0.717) is 16.1 Å². The molecular formula is C17H26N4OS. The summed E-state index contributed by atoms with van der Waals surface area (Å²) in [6.45, 7) is 4.58. The number of nitriles is 1. The van der Waals surface area contributed by atoms with Crippen LogP contribution in [-0.2, 0) is 4.74 Å². The van der Waals surface area contributed by atoms with Crippen molar-refractivity contribution in [1.29, 1.82) is 5.26 Å². The lowest BCUT2D eigenvalue weighted by Gasteiger charge is -2.34. The Bertz CT molecular complexity index is 593. The number of piperidine rings is 1. The molecule has 1 N–H and O–H groups in total. The van der Waals surface area contributed by atoms with Gasteiger partial charge in [-0.3, -0.25) is 0 Å². The minimum Gasteiger partial charge on any atom is -0.381 e. The number of ether oxygens (including phenoxy) is 1. The van der Waals surface area contributed by atoms with E-state index in [0.717, 1.165) is 51.4 Å². The minimum absolute atomic E-state index is 0.520. The summed E-state index contributed by atoms with van der Waals surface area (Å²) in [6, 6.07) is 4.19. The third-order valence-electron chi connectivity index (χ3n) is 4.16. The molecule has 2 heterocycles. The number of hydrogen-bond acceptors (Lipinski definition) is 5. The molecule has 0 amide bonds. The van der Waals surface area contributed by atoms with Crippen LogP contribution in [0.4, 0.5) is 5.69 Å². The van der Waals surface area contributed by atoms with Gasteiger partial charge in [0.2, 0.25) is 0 Å². The lowest BCUT2D eigenvalue weighted by Crippen LogP contribution is -2.37. The fraction of sp³-hybridized carbons (Fsp3) is 0.647. The molecule has 1 saturated heterocycles. The maximum atomic E-state index is 9.35. The van der Waals surface area contributed by atoms with Gasteiger partial charge < -0.3 is 19.5 Å². The van der Waals surface area contributed by atoms with E-state index in [2.05, 4.69) is 34.9 Å². The molecule has 0 spiro atoms. The summed E-state index contributed by atoms with van der Waals surface area (Å²) < 4.78 is 6.36. The zero-order valence-corrected chi connectivity index (χ0v) is 14.9. The van der Waals surface area contributed by atoms with Crippen molar-refractivity contribution in [1.82, 2.24) is 9.88 Å². The lowest BCUT2D eigenvalue weighted by molar-refractivity contribution is 0.0880. The Hall–Kier alpha value is -1.42. The second kappa shape index (κ2) is 9.02. The predicted octanol–water partition coefficient (Wildman–Crippen LogP) is 2.80. The maximum absolute atomic E-state index is 9.35. The number of anilines is 1. The van der Waals surface area contributed by atoms with Crippen LogP contribution in [-0.4, -0.2) is 56.8 Å². The number of aromatic amines is 1. The van der Waals surface area contributed by atoms with Gasteiger partial charge in [0.25, 0.3) is 0 Å². The smallest absolute Gasteiger partial charge is 0.123 e. The highest BCUT2D eigenvalue weighted by Crippen LogP contribution is 2.26. The van der Waals surface area contributed by atoms with Crippen molar-refractivity contribution in [3.63, 3.8) is 0 Å². The summed E-state index contributed by atoms with van der Waals surface area (Å²) in [5.74, 6) is 0.521. The van der Waals surface area contributed by atoms with Gasteiger partial charge in [-0.15, -0.1) is 0 Å². The molecule has 1 aromatic rings. The molecule has 1 aromatic heterocycles. The van der Waals surface area contributed by atoms with Gasteiger partial charge >= 0.3 is 0 Å². The van der Waals surface area contributed by atoms with Crippen LogP contribution in [0.25, 0.3) is 0 Å². The minimum atomic E-state index is 0.520. The van der Waals surface area contributed by atoms with Crippen LogP contribution in [0.1, 0.15) is 24.8 Å². The standard InChI is InChI=1S/C17H26N4OS/c1-20(2)8-4-10-22-13-14-5-3-9-21(12-14)16-6-7-19-17(23)15(16)11-18/h6-7,14H,3-5,8-10,12-13H2,1-2H3,(H,19,23). The van der Waals surface area contributed by atoms with E-state index < -0.39 is 0 Å². The zero-order valence-electron chi connectivity index (χ0n) is 14.0. The van der Waals surface area contributed by atoms with Crippen molar-refractivity contribution < 1.29 is 4.74 Å². The zero-order chi connectivity index (χ0) is 16.7. The van der Waals surface area contributed by atoms with E-state index >= 15 is 0 Å². The highest BCUT2D eigenvalue weighted by molar-refractivity contribution is 7.71. The molecule has 0 bridgehead atoms. The molecule has 0 aromatic carbocycles. The van der Waals surface area contributed by atoms with Gasteiger partial charge in [0.1, 0.15) is 16.3 Å². The second-order valence-corrected chi connectivity index (χ2v) is 6.77. The molecular weight excluding hydrogens is 308 g/mol. The van der Waals surface area contributed by atoms with Crippen molar-refractivity contribution in [3.8, 4) is 6.07 Å². The summed E-state index contributed by atoms with van der Waals surface area (Å²) >= 11 is 5.22. The number of pyridine rings is 1. The first-order valence-corrected chi connectivity index (χ1v) is 8.62. The SMILES string of the molecule is CN(C)CCCOCC1CCCN(c2cc[nH]c(=S)c2C#N)C1. The summed E-state index contributed by atoms with van der Waals surface area (Å²) in [5.41, 5.74) is 1.53. The quantitative estimate of drug-likeness (QED) is 0.614. The molecule has 6 heteroatoms.